The highest BCUT2D eigenvalue weighted by Crippen LogP contribution is 2.35. The molecule has 2 N–H and O–H groups in total. The summed E-state index contributed by atoms with van der Waals surface area (Å²) < 4.78 is 7.61. The predicted octanol–water partition coefficient (Wildman–Crippen LogP) is 5.92. The number of hydrogen-bond acceptors (Lipinski definition) is 2. The molecule has 4 heteroatoms. The number of anilines is 1. The van der Waals surface area contributed by atoms with Crippen molar-refractivity contribution in [2.24, 2.45) is 0 Å². The van der Waals surface area contributed by atoms with Crippen LogP contribution in [-0.4, -0.2) is 6.61 Å². The lowest BCUT2D eigenvalue weighted by molar-refractivity contribution is 0.301. The standard InChI is InChI=1S/C15H23Br2NO/c1-2-3-4-5-6-7-8-9-19-15-13(16)10-12(18)11-14(15)17/h10-11H,2-9,18H2,1H3. The van der Waals surface area contributed by atoms with Gasteiger partial charge in [-0.2, -0.15) is 0 Å². The zero-order chi connectivity index (χ0) is 14.1. The zero-order valence-corrected chi connectivity index (χ0v) is 14.7. The van der Waals surface area contributed by atoms with E-state index in [0.29, 0.717) is 0 Å². The Morgan fingerprint density at radius 1 is 0.947 bits per heavy atom. The van der Waals surface area contributed by atoms with Crippen molar-refractivity contribution in [1.29, 1.82) is 0 Å². The lowest BCUT2D eigenvalue weighted by Crippen LogP contribution is -1.99. The first-order chi connectivity index (χ1) is 9.15. The van der Waals surface area contributed by atoms with Crippen LogP contribution in [0.15, 0.2) is 21.1 Å². The van der Waals surface area contributed by atoms with Crippen LogP contribution in [0.1, 0.15) is 51.9 Å². The van der Waals surface area contributed by atoms with E-state index in [0.717, 1.165) is 33.4 Å². The third-order valence-electron chi connectivity index (χ3n) is 3.01. The number of halogens is 2. The number of benzene rings is 1. The Bertz CT molecular complexity index is 359. The van der Waals surface area contributed by atoms with Crippen LogP contribution in [0, 0.1) is 0 Å². The highest BCUT2D eigenvalue weighted by Gasteiger charge is 2.07. The molecule has 1 aromatic rings. The molecule has 0 aliphatic rings. The van der Waals surface area contributed by atoms with Crippen LogP contribution in [0.2, 0.25) is 0 Å². The summed E-state index contributed by atoms with van der Waals surface area (Å²) in [5.41, 5.74) is 6.47. The SMILES string of the molecule is CCCCCCCCCOc1c(Br)cc(N)cc1Br. The number of ether oxygens (including phenoxy) is 1. The van der Waals surface area contributed by atoms with E-state index >= 15 is 0 Å². The lowest BCUT2D eigenvalue weighted by atomic mass is 10.1. The molecule has 0 atom stereocenters. The molecule has 0 saturated carbocycles. The van der Waals surface area contributed by atoms with E-state index in [1.54, 1.807) is 0 Å². The van der Waals surface area contributed by atoms with E-state index in [1.165, 1.54) is 38.5 Å². The van der Waals surface area contributed by atoms with Crippen LogP contribution in [0.3, 0.4) is 0 Å². The molecule has 2 nitrogen and oxygen atoms in total. The number of nitrogens with two attached hydrogens (primary N) is 1. The van der Waals surface area contributed by atoms with Crippen molar-refractivity contribution < 1.29 is 4.74 Å². The van der Waals surface area contributed by atoms with Crippen molar-refractivity contribution in [3.8, 4) is 5.75 Å². The van der Waals surface area contributed by atoms with Crippen molar-refractivity contribution >= 4 is 37.5 Å². The van der Waals surface area contributed by atoms with Gasteiger partial charge in [0.1, 0.15) is 5.75 Å². The van der Waals surface area contributed by atoms with Crippen LogP contribution in [-0.2, 0) is 0 Å². The van der Waals surface area contributed by atoms with Gasteiger partial charge in [-0.05, 0) is 50.4 Å². The normalized spacial score (nSPS) is 10.7. The molecule has 0 aromatic heterocycles. The van der Waals surface area contributed by atoms with Crippen LogP contribution < -0.4 is 10.5 Å². The van der Waals surface area contributed by atoms with E-state index in [-0.39, 0.29) is 0 Å². The molecule has 0 fully saturated rings. The number of unbranched alkanes of at least 4 members (excludes halogenated alkanes) is 6. The Kier molecular flexibility index (Phi) is 8.55. The van der Waals surface area contributed by atoms with Crippen molar-refractivity contribution in [3.63, 3.8) is 0 Å². The van der Waals surface area contributed by atoms with Crippen LogP contribution in [0.25, 0.3) is 0 Å². The molecule has 0 amide bonds. The Morgan fingerprint density at radius 2 is 1.47 bits per heavy atom. The van der Waals surface area contributed by atoms with Gasteiger partial charge in [-0.3, -0.25) is 0 Å². The maximum absolute atomic E-state index is 5.80. The Morgan fingerprint density at radius 3 is 2.05 bits per heavy atom. The van der Waals surface area contributed by atoms with Gasteiger partial charge in [0.05, 0.1) is 15.6 Å². The molecule has 19 heavy (non-hydrogen) atoms. The Balaban J connectivity index is 2.19. The van der Waals surface area contributed by atoms with Gasteiger partial charge in [0.25, 0.3) is 0 Å². The monoisotopic (exact) mass is 391 g/mol. The third-order valence-corrected chi connectivity index (χ3v) is 4.19. The quantitative estimate of drug-likeness (QED) is 0.417. The molecule has 0 bridgehead atoms. The van der Waals surface area contributed by atoms with Gasteiger partial charge in [-0.25, -0.2) is 0 Å². The summed E-state index contributed by atoms with van der Waals surface area (Å²) in [5, 5.41) is 0. The topological polar surface area (TPSA) is 35.2 Å². The fraction of sp³-hybridized carbons (Fsp3) is 0.600. The summed E-state index contributed by atoms with van der Waals surface area (Å²) in [6.07, 6.45) is 9.05. The van der Waals surface area contributed by atoms with Crippen molar-refractivity contribution in [1.82, 2.24) is 0 Å². The lowest BCUT2D eigenvalue weighted by Gasteiger charge is -2.11. The van der Waals surface area contributed by atoms with E-state index in [2.05, 4.69) is 38.8 Å². The molecular formula is C15H23Br2NO. The van der Waals surface area contributed by atoms with Gasteiger partial charge in [0.2, 0.25) is 0 Å². The first-order valence-electron chi connectivity index (χ1n) is 7.02. The average molecular weight is 393 g/mol. The minimum absolute atomic E-state index is 0.724. The molecule has 0 spiro atoms. The van der Waals surface area contributed by atoms with Crippen LogP contribution in [0.5, 0.6) is 5.75 Å². The highest BCUT2D eigenvalue weighted by atomic mass is 79.9. The molecule has 0 heterocycles. The fourth-order valence-electron chi connectivity index (χ4n) is 1.95. The average Bonchev–Trinajstić information content (AvgIpc) is 2.35. The minimum Gasteiger partial charge on any atom is -0.491 e. The summed E-state index contributed by atoms with van der Waals surface area (Å²) in [6, 6.07) is 3.73. The van der Waals surface area contributed by atoms with Crippen molar-refractivity contribution in [3.05, 3.63) is 21.1 Å². The summed E-state index contributed by atoms with van der Waals surface area (Å²) in [4.78, 5) is 0. The number of hydrogen-bond donors (Lipinski definition) is 1. The van der Waals surface area contributed by atoms with Crippen LogP contribution >= 0.6 is 31.9 Å². The molecule has 0 saturated heterocycles. The molecule has 1 aromatic carbocycles. The first kappa shape index (κ1) is 16.8. The first-order valence-corrected chi connectivity index (χ1v) is 8.61. The van der Waals surface area contributed by atoms with E-state index in [1.807, 2.05) is 12.1 Å². The number of rotatable bonds is 9. The molecule has 0 unspecified atom stereocenters. The second-order valence-corrected chi connectivity index (χ2v) is 6.49. The smallest absolute Gasteiger partial charge is 0.147 e. The predicted molar refractivity (Wildman–Crippen MR) is 89.7 cm³/mol. The van der Waals surface area contributed by atoms with E-state index in [4.69, 9.17) is 10.5 Å². The maximum Gasteiger partial charge on any atom is 0.147 e. The van der Waals surface area contributed by atoms with Gasteiger partial charge < -0.3 is 10.5 Å². The summed E-state index contributed by atoms with van der Waals surface area (Å²) >= 11 is 6.95. The molecule has 1 rings (SSSR count). The minimum atomic E-state index is 0.724. The third kappa shape index (κ3) is 6.66. The number of nitrogen functional groups attached to an aromatic ring is 1. The summed E-state index contributed by atoms with van der Waals surface area (Å²) in [5.74, 6) is 0.847. The van der Waals surface area contributed by atoms with Crippen molar-refractivity contribution in [2.45, 2.75) is 51.9 Å². The van der Waals surface area contributed by atoms with Gasteiger partial charge in [-0.1, -0.05) is 45.4 Å². The van der Waals surface area contributed by atoms with Gasteiger partial charge >= 0.3 is 0 Å². The van der Waals surface area contributed by atoms with E-state index in [9.17, 15) is 0 Å². The fourth-order valence-corrected chi connectivity index (χ4v) is 3.40. The maximum atomic E-state index is 5.80. The second-order valence-electron chi connectivity index (χ2n) is 4.78. The molecule has 0 aliphatic heterocycles. The Hall–Kier alpha value is -0.220. The van der Waals surface area contributed by atoms with Gasteiger partial charge in [0, 0.05) is 5.69 Å². The van der Waals surface area contributed by atoms with Gasteiger partial charge in [0.15, 0.2) is 0 Å². The van der Waals surface area contributed by atoms with Gasteiger partial charge in [-0.15, -0.1) is 0 Å². The Labute approximate surface area is 133 Å². The summed E-state index contributed by atoms with van der Waals surface area (Å²) in [6.45, 7) is 3.01. The molecular weight excluding hydrogens is 370 g/mol. The van der Waals surface area contributed by atoms with Crippen LogP contribution in [0.4, 0.5) is 5.69 Å². The zero-order valence-electron chi connectivity index (χ0n) is 11.6. The molecule has 108 valence electrons. The molecule has 0 radical (unpaired) electrons. The van der Waals surface area contributed by atoms with Crippen molar-refractivity contribution in [2.75, 3.05) is 12.3 Å². The summed E-state index contributed by atoms with van der Waals surface area (Å²) in [7, 11) is 0. The second kappa shape index (κ2) is 9.65. The molecule has 0 aliphatic carbocycles. The van der Waals surface area contributed by atoms with E-state index < -0.39 is 0 Å². The largest absolute Gasteiger partial charge is 0.491 e. The highest BCUT2D eigenvalue weighted by molar-refractivity contribution is 9.11.